The first kappa shape index (κ1) is 13.0. The molecule has 0 bridgehead atoms. The third kappa shape index (κ3) is 3.49. The Morgan fingerprint density at radius 3 is 2.81 bits per heavy atom. The molecule has 0 saturated carbocycles. The van der Waals surface area contributed by atoms with Crippen molar-refractivity contribution in [2.45, 2.75) is 12.5 Å². The highest BCUT2D eigenvalue weighted by molar-refractivity contribution is 9.10. The Bertz CT molecular complexity index is 413. The summed E-state index contributed by atoms with van der Waals surface area (Å²) in [7, 11) is 0. The number of nitrogens with one attached hydrogen (secondary N) is 1. The molecule has 4 nitrogen and oxygen atoms in total. The van der Waals surface area contributed by atoms with Crippen molar-refractivity contribution in [1.29, 1.82) is 5.26 Å². The Labute approximate surface area is 103 Å². The van der Waals surface area contributed by atoms with E-state index in [0.29, 0.717) is 11.3 Å². The Morgan fingerprint density at radius 1 is 1.56 bits per heavy atom. The molecular weight excluding hydrogens is 272 g/mol. The van der Waals surface area contributed by atoms with Crippen LogP contribution in [0.5, 0.6) is 0 Å². The lowest BCUT2D eigenvalue weighted by molar-refractivity contribution is 0.0132. The molecule has 1 aromatic carbocycles. The van der Waals surface area contributed by atoms with Gasteiger partial charge in [0.25, 0.3) is 0 Å². The molecule has 0 aliphatic rings. The summed E-state index contributed by atoms with van der Waals surface area (Å²) < 4.78 is 0.845. The van der Waals surface area contributed by atoms with Crippen molar-refractivity contribution in [3.05, 3.63) is 28.2 Å². The van der Waals surface area contributed by atoms with Gasteiger partial charge in [0.1, 0.15) is 11.7 Å². The maximum atomic E-state index is 9.61. The number of hydrogen-bond acceptors (Lipinski definition) is 4. The molecule has 1 unspecified atom stereocenters. The number of rotatable bonds is 4. The predicted octanol–water partition coefficient (Wildman–Crippen LogP) is 1.48. The van der Waals surface area contributed by atoms with Crippen LogP contribution in [0.4, 0.5) is 5.69 Å². The van der Waals surface area contributed by atoms with Gasteiger partial charge in [0.05, 0.1) is 17.9 Å². The Balaban J connectivity index is 2.81. The van der Waals surface area contributed by atoms with Crippen LogP contribution >= 0.6 is 15.9 Å². The van der Waals surface area contributed by atoms with Gasteiger partial charge in [0.2, 0.25) is 0 Å². The summed E-state index contributed by atoms with van der Waals surface area (Å²) in [6, 6.07) is 7.26. The van der Waals surface area contributed by atoms with Crippen LogP contribution in [0.15, 0.2) is 22.7 Å². The Hall–Kier alpha value is -1.09. The van der Waals surface area contributed by atoms with E-state index in [0.717, 1.165) is 4.47 Å². The lowest BCUT2D eigenvalue weighted by Gasteiger charge is -2.21. The fourth-order valence-corrected chi connectivity index (χ4v) is 1.46. The molecular formula is C11H13BrN2O2. The maximum absolute atomic E-state index is 9.61. The molecule has 0 aliphatic carbocycles. The van der Waals surface area contributed by atoms with Crippen LogP contribution in [0.1, 0.15) is 12.5 Å². The number of hydrogen-bond donors (Lipinski definition) is 3. The van der Waals surface area contributed by atoms with Gasteiger partial charge in [-0.05, 0) is 25.1 Å². The van der Waals surface area contributed by atoms with Crippen molar-refractivity contribution in [1.82, 2.24) is 0 Å². The molecule has 0 fully saturated rings. The van der Waals surface area contributed by atoms with Gasteiger partial charge in [-0.3, -0.25) is 0 Å². The highest BCUT2D eigenvalue weighted by Gasteiger charge is 2.18. The van der Waals surface area contributed by atoms with Crippen LogP contribution in [-0.2, 0) is 0 Å². The zero-order valence-electron chi connectivity index (χ0n) is 8.87. The standard InChI is InChI=1S/C11H13BrN2O2/c1-11(16,7-15)6-14-10-4-9(12)3-2-8(10)5-13/h2-4,14-16H,6-7H2,1H3. The van der Waals surface area contributed by atoms with Gasteiger partial charge in [-0.15, -0.1) is 0 Å². The Morgan fingerprint density at radius 2 is 2.25 bits per heavy atom. The molecule has 1 rings (SSSR count). The quantitative estimate of drug-likeness (QED) is 0.783. The number of aliphatic hydroxyl groups is 2. The molecule has 0 heterocycles. The van der Waals surface area contributed by atoms with Crippen molar-refractivity contribution < 1.29 is 10.2 Å². The van der Waals surface area contributed by atoms with Gasteiger partial charge in [-0.1, -0.05) is 15.9 Å². The van der Waals surface area contributed by atoms with E-state index in [1.165, 1.54) is 6.92 Å². The van der Waals surface area contributed by atoms with Crippen molar-refractivity contribution in [2.75, 3.05) is 18.5 Å². The second-order valence-electron chi connectivity index (χ2n) is 3.81. The zero-order chi connectivity index (χ0) is 12.2. The minimum absolute atomic E-state index is 0.175. The van der Waals surface area contributed by atoms with Crippen LogP contribution in [0.2, 0.25) is 0 Å². The summed E-state index contributed by atoms with van der Waals surface area (Å²) in [5.41, 5.74) is -0.0720. The van der Waals surface area contributed by atoms with Crippen LogP contribution < -0.4 is 5.32 Å². The number of anilines is 1. The molecule has 0 amide bonds. The van der Waals surface area contributed by atoms with E-state index in [9.17, 15) is 5.11 Å². The predicted molar refractivity (Wildman–Crippen MR) is 65.1 cm³/mol. The highest BCUT2D eigenvalue weighted by Crippen LogP contribution is 2.21. The third-order valence-electron chi connectivity index (χ3n) is 2.10. The average molecular weight is 285 g/mol. The summed E-state index contributed by atoms with van der Waals surface area (Å²) in [5, 5.41) is 30.3. The molecule has 0 saturated heterocycles. The van der Waals surface area contributed by atoms with E-state index < -0.39 is 5.60 Å². The highest BCUT2D eigenvalue weighted by atomic mass is 79.9. The lowest BCUT2D eigenvalue weighted by atomic mass is 10.1. The summed E-state index contributed by atoms with van der Waals surface area (Å²) in [5.74, 6) is 0. The molecule has 1 aromatic rings. The topological polar surface area (TPSA) is 76.3 Å². The van der Waals surface area contributed by atoms with Gasteiger partial charge in [0, 0.05) is 11.0 Å². The number of nitriles is 1. The molecule has 86 valence electrons. The SMILES string of the molecule is CC(O)(CO)CNc1cc(Br)ccc1C#N. The molecule has 0 aromatic heterocycles. The molecule has 0 aliphatic heterocycles. The van der Waals surface area contributed by atoms with E-state index >= 15 is 0 Å². The second kappa shape index (κ2) is 5.30. The molecule has 16 heavy (non-hydrogen) atoms. The average Bonchev–Trinajstić information content (AvgIpc) is 2.27. The van der Waals surface area contributed by atoms with E-state index in [2.05, 4.69) is 21.2 Å². The molecule has 0 radical (unpaired) electrons. The first-order valence-electron chi connectivity index (χ1n) is 4.75. The fraction of sp³-hybridized carbons (Fsp3) is 0.364. The van der Waals surface area contributed by atoms with Gasteiger partial charge in [-0.25, -0.2) is 0 Å². The minimum Gasteiger partial charge on any atom is -0.393 e. The molecule has 3 N–H and O–H groups in total. The monoisotopic (exact) mass is 284 g/mol. The Kier molecular flexibility index (Phi) is 4.30. The van der Waals surface area contributed by atoms with E-state index in [-0.39, 0.29) is 13.2 Å². The van der Waals surface area contributed by atoms with Crippen molar-refractivity contribution in [3.63, 3.8) is 0 Å². The summed E-state index contributed by atoms with van der Waals surface area (Å²) in [6.45, 7) is 1.36. The smallest absolute Gasteiger partial charge is 0.102 e. The van der Waals surface area contributed by atoms with E-state index in [1.54, 1.807) is 18.2 Å². The molecule has 0 spiro atoms. The summed E-state index contributed by atoms with van der Waals surface area (Å²) in [4.78, 5) is 0. The number of halogens is 1. The van der Waals surface area contributed by atoms with Crippen molar-refractivity contribution in [2.24, 2.45) is 0 Å². The normalized spacial score (nSPS) is 13.9. The minimum atomic E-state index is -1.20. The summed E-state index contributed by atoms with van der Waals surface area (Å²) >= 11 is 3.30. The van der Waals surface area contributed by atoms with Crippen molar-refractivity contribution in [3.8, 4) is 6.07 Å². The van der Waals surface area contributed by atoms with E-state index in [4.69, 9.17) is 10.4 Å². The van der Waals surface area contributed by atoms with Crippen LogP contribution in [0, 0.1) is 11.3 Å². The van der Waals surface area contributed by atoms with E-state index in [1.807, 2.05) is 6.07 Å². The largest absolute Gasteiger partial charge is 0.393 e. The van der Waals surface area contributed by atoms with Crippen molar-refractivity contribution >= 4 is 21.6 Å². The van der Waals surface area contributed by atoms with Gasteiger partial charge >= 0.3 is 0 Å². The van der Waals surface area contributed by atoms with Crippen LogP contribution in [-0.4, -0.2) is 29.0 Å². The van der Waals surface area contributed by atoms with Gasteiger partial charge in [0.15, 0.2) is 0 Å². The molecule has 5 heteroatoms. The maximum Gasteiger partial charge on any atom is 0.102 e. The fourth-order valence-electron chi connectivity index (χ4n) is 1.10. The zero-order valence-corrected chi connectivity index (χ0v) is 10.5. The number of nitrogens with zero attached hydrogens (tertiary/aromatic N) is 1. The first-order chi connectivity index (χ1) is 7.48. The lowest BCUT2D eigenvalue weighted by Crippen LogP contribution is -2.37. The van der Waals surface area contributed by atoms with Crippen LogP contribution in [0.25, 0.3) is 0 Å². The number of aliphatic hydroxyl groups excluding tert-OH is 1. The van der Waals surface area contributed by atoms with Crippen LogP contribution in [0.3, 0.4) is 0 Å². The second-order valence-corrected chi connectivity index (χ2v) is 4.73. The first-order valence-corrected chi connectivity index (χ1v) is 5.54. The third-order valence-corrected chi connectivity index (χ3v) is 2.60. The number of benzene rings is 1. The van der Waals surface area contributed by atoms with Gasteiger partial charge in [-0.2, -0.15) is 5.26 Å². The molecule has 1 atom stereocenters. The van der Waals surface area contributed by atoms with Gasteiger partial charge < -0.3 is 15.5 Å². The summed E-state index contributed by atoms with van der Waals surface area (Å²) in [6.07, 6.45) is 0.